The molecule has 7 heteroatoms. The molecule has 6 nitrogen and oxygen atoms in total. The lowest BCUT2D eigenvalue weighted by Crippen LogP contribution is -2.27. The molecule has 0 aromatic heterocycles. The lowest BCUT2D eigenvalue weighted by atomic mass is 10.2. The molecule has 1 fully saturated rings. The quantitative estimate of drug-likeness (QED) is 0.530. The van der Waals surface area contributed by atoms with Crippen molar-refractivity contribution < 1.29 is 9.72 Å². The highest BCUT2D eigenvalue weighted by Gasteiger charge is 2.33. The van der Waals surface area contributed by atoms with Gasteiger partial charge >= 0.3 is 0 Å². The molecule has 1 saturated heterocycles. The first kappa shape index (κ1) is 15.0. The molecule has 0 bridgehead atoms. The summed E-state index contributed by atoms with van der Waals surface area (Å²) in [6, 6.07) is 15.0. The Morgan fingerprint density at radius 2 is 1.87 bits per heavy atom. The first-order valence-electron chi connectivity index (χ1n) is 6.68. The molecule has 0 aliphatic carbocycles. The van der Waals surface area contributed by atoms with Crippen molar-refractivity contribution in [3.8, 4) is 0 Å². The maximum absolute atomic E-state index is 12.5. The molecule has 0 saturated carbocycles. The van der Waals surface area contributed by atoms with Crippen LogP contribution in [0.5, 0.6) is 0 Å². The number of nitrogens with one attached hydrogen (secondary N) is 1. The van der Waals surface area contributed by atoms with Gasteiger partial charge in [0.1, 0.15) is 0 Å². The number of nitro groups is 1. The standard InChI is InChI=1S/C16H11N3O3S/c17-16-18(12-6-2-1-3-7-12)15(20)14(23-16)10-11-5-4-8-13(9-11)19(21)22/h1-10,17H/b14-10-,17-16?. The van der Waals surface area contributed by atoms with Crippen LogP contribution in [0.3, 0.4) is 0 Å². The van der Waals surface area contributed by atoms with Crippen LogP contribution in [-0.2, 0) is 4.79 Å². The van der Waals surface area contributed by atoms with Gasteiger partial charge < -0.3 is 0 Å². The Bertz CT molecular complexity index is 833. The average Bonchev–Trinajstić information content (AvgIpc) is 2.82. The third-order valence-electron chi connectivity index (χ3n) is 3.22. The number of non-ortho nitro benzene ring substituents is 1. The monoisotopic (exact) mass is 325 g/mol. The summed E-state index contributed by atoms with van der Waals surface area (Å²) in [6.45, 7) is 0. The lowest BCUT2D eigenvalue weighted by Gasteiger charge is -2.13. The van der Waals surface area contributed by atoms with Crippen molar-refractivity contribution in [3.05, 3.63) is 75.2 Å². The number of carbonyl (C=O) groups is 1. The van der Waals surface area contributed by atoms with Crippen molar-refractivity contribution in [2.45, 2.75) is 0 Å². The van der Waals surface area contributed by atoms with Gasteiger partial charge in [-0.3, -0.25) is 25.2 Å². The molecule has 1 aliphatic heterocycles. The number of hydrogen-bond acceptors (Lipinski definition) is 5. The van der Waals surface area contributed by atoms with Gasteiger partial charge in [0.25, 0.3) is 11.6 Å². The fraction of sp³-hybridized carbons (Fsp3) is 0. The summed E-state index contributed by atoms with van der Waals surface area (Å²) in [7, 11) is 0. The number of nitrogens with zero attached hydrogens (tertiary/aromatic N) is 2. The number of nitro benzene ring substituents is 1. The summed E-state index contributed by atoms with van der Waals surface area (Å²) in [5.41, 5.74) is 1.14. The van der Waals surface area contributed by atoms with Crippen LogP contribution in [0.2, 0.25) is 0 Å². The van der Waals surface area contributed by atoms with Gasteiger partial charge in [-0.2, -0.15) is 0 Å². The summed E-state index contributed by atoms with van der Waals surface area (Å²) in [5, 5.41) is 18.9. The maximum atomic E-state index is 12.5. The van der Waals surface area contributed by atoms with E-state index < -0.39 is 4.92 Å². The molecule has 3 rings (SSSR count). The van der Waals surface area contributed by atoms with E-state index in [9.17, 15) is 14.9 Å². The number of amides is 1. The number of hydrogen-bond donors (Lipinski definition) is 1. The molecule has 2 aromatic rings. The zero-order valence-electron chi connectivity index (χ0n) is 11.8. The summed E-state index contributed by atoms with van der Waals surface area (Å²) >= 11 is 1.04. The molecular formula is C16H11N3O3S. The predicted octanol–water partition coefficient (Wildman–Crippen LogP) is 3.65. The third kappa shape index (κ3) is 3.00. The fourth-order valence-electron chi connectivity index (χ4n) is 2.18. The molecular weight excluding hydrogens is 314 g/mol. The van der Waals surface area contributed by atoms with Crippen LogP contribution in [0.15, 0.2) is 59.5 Å². The minimum absolute atomic E-state index is 0.0372. The Balaban J connectivity index is 1.93. The summed E-state index contributed by atoms with van der Waals surface area (Å²) < 4.78 is 0. The number of thioether (sulfide) groups is 1. The second kappa shape index (κ2) is 6.05. The van der Waals surface area contributed by atoms with E-state index in [2.05, 4.69) is 0 Å². The molecule has 0 atom stereocenters. The van der Waals surface area contributed by atoms with Gasteiger partial charge in [0.05, 0.1) is 15.5 Å². The van der Waals surface area contributed by atoms with Crippen LogP contribution in [-0.4, -0.2) is 16.0 Å². The highest BCUT2D eigenvalue weighted by Crippen LogP contribution is 2.35. The lowest BCUT2D eigenvalue weighted by molar-refractivity contribution is -0.384. The van der Waals surface area contributed by atoms with Crippen LogP contribution in [0.1, 0.15) is 5.56 Å². The number of rotatable bonds is 3. The number of carbonyl (C=O) groups excluding carboxylic acids is 1. The van der Waals surface area contributed by atoms with E-state index in [1.54, 1.807) is 42.5 Å². The maximum Gasteiger partial charge on any atom is 0.271 e. The van der Waals surface area contributed by atoms with E-state index in [0.717, 1.165) is 11.8 Å². The molecule has 2 aromatic carbocycles. The second-order valence-electron chi connectivity index (χ2n) is 4.74. The molecule has 1 aliphatic rings. The van der Waals surface area contributed by atoms with Crippen LogP contribution >= 0.6 is 11.8 Å². The van der Waals surface area contributed by atoms with Gasteiger partial charge in [-0.1, -0.05) is 30.3 Å². The molecule has 1 N–H and O–H groups in total. The Kier molecular flexibility index (Phi) is 3.94. The zero-order chi connectivity index (χ0) is 16.4. The Hall–Kier alpha value is -2.93. The molecule has 23 heavy (non-hydrogen) atoms. The van der Waals surface area contributed by atoms with E-state index in [1.165, 1.54) is 17.0 Å². The molecule has 1 heterocycles. The van der Waals surface area contributed by atoms with E-state index in [-0.39, 0.29) is 16.8 Å². The highest BCUT2D eigenvalue weighted by molar-refractivity contribution is 8.19. The first-order chi connectivity index (χ1) is 11.1. The smallest absolute Gasteiger partial charge is 0.271 e. The van der Waals surface area contributed by atoms with Gasteiger partial charge in [-0.15, -0.1) is 0 Å². The molecule has 0 unspecified atom stereocenters. The largest absolute Gasteiger partial charge is 0.278 e. The molecule has 114 valence electrons. The fourth-order valence-corrected chi connectivity index (χ4v) is 3.04. The van der Waals surface area contributed by atoms with Crippen LogP contribution in [0, 0.1) is 15.5 Å². The predicted molar refractivity (Wildman–Crippen MR) is 90.3 cm³/mol. The summed E-state index contributed by atoms with van der Waals surface area (Å²) in [6.07, 6.45) is 1.57. The van der Waals surface area contributed by atoms with Crippen LogP contribution < -0.4 is 4.90 Å². The highest BCUT2D eigenvalue weighted by atomic mass is 32.2. The SMILES string of the molecule is N=C1S/C(=C\c2cccc([N+](=O)[O-])c2)C(=O)N1c1ccccc1. The van der Waals surface area contributed by atoms with Crippen molar-refractivity contribution in [1.29, 1.82) is 5.41 Å². The van der Waals surface area contributed by atoms with E-state index >= 15 is 0 Å². The number of amidine groups is 1. The second-order valence-corrected chi connectivity index (χ2v) is 5.77. The zero-order valence-corrected chi connectivity index (χ0v) is 12.6. The molecule has 0 spiro atoms. The normalized spacial score (nSPS) is 16.2. The van der Waals surface area contributed by atoms with Crippen molar-refractivity contribution in [2.75, 3.05) is 4.90 Å². The number of benzene rings is 2. The molecule has 1 amide bonds. The average molecular weight is 325 g/mol. The van der Waals surface area contributed by atoms with Crippen molar-refractivity contribution in [2.24, 2.45) is 0 Å². The Morgan fingerprint density at radius 3 is 2.57 bits per heavy atom. The third-order valence-corrected chi connectivity index (χ3v) is 4.11. The van der Waals surface area contributed by atoms with Gasteiger partial charge in [0, 0.05) is 12.1 Å². The van der Waals surface area contributed by atoms with Gasteiger partial charge in [-0.05, 0) is 35.5 Å². The van der Waals surface area contributed by atoms with E-state index in [4.69, 9.17) is 5.41 Å². The number of anilines is 1. The minimum atomic E-state index is -0.482. The summed E-state index contributed by atoms with van der Waals surface area (Å²) in [4.78, 5) is 24.5. The topological polar surface area (TPSA) is 87.3 Å². The van der Waals surface area contributed by atoms with Crippen molar-refractivity contribution in [3.63, 3.8) is 0 Å². The van der Waals surface area contributed by atoms with Crippen molar-refractivity contribution >= 4 is 40.3 Å². The van der Waals surface area contributed by atoms with E-state index in [1.807, 2.05) is 6.07 Å². The first-order valence-corrected chi connectivity index (χ1v) is 7.50. The Labute approximate surface area is 136 Å². The van der Waals surface area contributed by atoms with E-state index in [0.29, 0.717) is 16.2 Å². The van der Waals surface area contributed by atoms with Crippen molar-refractivity contribution in [1.82, 2.24) is 0 Å². The Morgan fingerprint density at radius 1 is 1.13 bits per heavy atom. The van der Waals surface area contributed by atoms with Crippen LogP contribution in [0.25, 0.3) is 6.08 Å². The van der Waals surface area contributed by atoms with Gasteiger partial charge in [0.15, 0.2) is 5.17 Å². The van der Waals surface area contributed by atoms with Gasteiger partial charge in [0.2, 0.25) is 0 Å². The minimum Gasteiger partial charge on any atom is -0.278 e. The van der Waals surface area contributed by atoms with Crippen LogP contribution in [0.4, 0.5) is 11.4 Å². The summed E-state index contributed by atoms with van der Waals surface area (Å²) in [5.74, 6) is -0.308. The number of para-hydroxylation sites is 1. The molecule has 0 radical (unpaired) electrons. The van der Waals surface area contributed by atoms with Gasteiger partial charge in [-0.25, -0.2) is 0 Å².